The van der Waals surface area contributed by atoms with Crippen molar-refractivity contribution in [3.05, 3.63) is 29.8 Å². The molecule has 1 aliphatic rings. The van der Waals surface area contributed by atoms with Gasteiger partial charge in [-0.05, 0) is 44.5 Å². The van der Waals surface area contributed by atoms with Gasteiger partial charge in [-0.3, -0.25) is 0 Å². The Morgan fingerprint density at radius 1 is 1.37 bits per heavy atom. The lowest BCUT2D eigenvalue weighted by molar-refractivity contribution is 0.0378. The Kier molecular flexibility index (Phi) is 4.75. The smallest absolute Gasteiger partial charge is 0.338 e. The van der Waals surface area contributed by atoms with Crippen LogP contribution < -0.4 is 5.32 Å². The normalized spacial score (nSPS) is 22.5. The van der Waals surface area contributed by atoms with Crippen LogP contribution in [0.2, 0.25) is 0 Å². The van der Waals surface area contributed by atoms with E-state index in [-0.39, 0.29) is 12.1 Å². The van der Waals surface area contributed by atoms with E-state index < -0.39 is 0 Å². The van der Waals surface area contributed by atoms with Crippen molar-refractivity contribution in [2.75, 3.05) is 11.1 Å². The summed E-state index contributed by atoms with van der Waals surface area (Å²) in [4.78, 5) is 11.7. The van der Waals surface area contributed by atoms with Crippen molar-refractivity contribution >= 4 is 23.4 Å². The first-order valence-electron chi connectivity index (χ1n) is 6.74. The Bertz CT molecular complexity index is 430. The van der Waals surface area contributed by atoms with E-state index in [0.29, 0.717) is 11.6 Å². The molecule has 1 aromatic carbocycles. The fourth-order valence-corrected chi connectivity index (χ4v) is 3.29. The van der Waals surface area contributed by atoms with E-state index in [1.165, 1.54) is 6.42 Å². The highest BCUT2D eigenvalue weighted by Crippen LogP contribution is 2.28. The largest absolute Gasteiger partial charge is 0.459 e. The Labute approximate surface area is 119 Å². The highest BCUT2D eigenvalue weighted by molar-refractivity contribution is 8.00. The van der Waals surface area contributed by atoms with Crippen molar-refractivity contribution in [3.63, 3.8) is 0 Å². The zero-order valence-corrected chi connectivity index (χ0v) is 12.5. The minimum atomic E-state index is -0.258. The standard InChI is InChI=1S/C15H21NO2S/c1-10(2)18-15(17)12-4-6-13(7-5-12)16-14-8-11(3)19-9-14/h4-7,10-11,14,16H,8-9H2,1-3H3. The van der Waals surface area contributed by atoms with Gasteiger partial charge in [-0.2, -0.15) is 11.8 Å². The third-order valence-corrected chi connectivity index (χ3v) is 4.39. The lowest BCUT2D eigenvalue weighted by atomic mass is 10.1. The Balaban J connectivity index is 1.93. The molecule has 19 heavy (non-hydrogen) atoms. The molecule has 4 heteroatoms. The highest BCUT2D eigenvalue weighted by Gasteiger charge is 2.21. The van der Waals surface area contributed by atoms with Gasteiger partial charge < -0.3 is 10.1 Å². The summed E-state index contributed by atoms with van der Waals surface area (Å²) < 4.78 is 5.16. The van der Waals surface area contributed by atoms with Crippen LogP contribution in [0.5, 0.6) is 0 Å². The average molecular weight is 279 g/mol. The Morgan fingerprint density at radius 2 is 2.05 bits per heavy atom. The van der Waals surface area contributed by atoms with Crippen LogP contribution in [0.25, 0.3) is 0 Å². The molecule has 104 valence electrons. The molecule has 1 saturated heterocycles. The first-order valence-corrected chi connectivity index (χ1v) is 7.78. The van der Waals surface area contributed by atoms with E-state index in [0.717, 1.165) is 16.7 Å². The molecule has 1 heterocycles. The summed E-state index contributed by atoms with van der Waals surface area (Å²) >= 11 is 2.00. The molecule has 2 rings (SSSR count). The van der Waals surface area contributed by atoms with E-state index in [1.54, 1.807) is 0 Å². The molecule has 0 saturated carbocycles. The number of esters is 1. The van der Waals surface area contributed by atoms with Gasteiger partial charge in [0.2, 0.25) is 0 Å². The molecule has 2 unspecified atom stereocenters. The van der Waals surface area contributed by atoms with Gasteiger partial charge in [0.05, 0.1) is 11.7 Å². The second-order valence-electron chi connectivity index (χ2n) is 5.25. The molecule has 1 N–H and O–H groups in total. The van der Waals surface area contributed by atoms with E-state index in [9.17, 15) is 4.79 Å². The number of benzene rings is 1. The number of hydrogen-bond acceptors (Lipinski definition) is 4. The minimum absolute atomic E-state index is 0.0812. The Morgan fingerprint density at radius 3 is 2.58 bits per heavy atom. The molecule has 2 atom stereocenters. The van der Waals surface area contributed by atoms with Crippen molar-refractivity contribution < 1.29 is 9.53 Å². The summed E-state index contributed by atoms with van der Waals surface area (Å²) in [5.74, 6) is 0.893. The van der Waals surface area contributed by atoms with Crippen molar-refractivity contribution in [2.45, 2.75) is 44.6 Å². The summed E-state index contributed by atoms with van der Waals surface area (Å²) in [5, 5.41) is 4.24. The number of carbonyl (C=O) groups is 1. The Hall–Kier alpha value is -1.16. The summed E-state index contributed by atoms with van der Waals surface area (Å²) in [5.41, 5.74) is 1.68. The van der Waals surface area contributed by atoms with E-state index in [1.807, 2.05) is 49.9 Å². The monoisotopic (exact) mass is 279 g/mol. The van der Waals surface area contributed by atoms with Gasteiger partial charge in [0.15, 0.2) is 0 Å². The summed E-state index contributed by atoms with van der Waals surface area (Å²) in [7, 11) is 0. The maximum absolute atomic E-state index is 11.7. The quantitative estimate of drug-likeness (QED) is 0.855. The minimum Gasteiger partial charge on any atom is -0.459 e. The van der Waals surface area contributed by atoms with Gasteiger partial charge >= 0.3 is 5.97 Å². The van der Waals surface area contributed by atoms with Crippen molar-refractivity contribution in [2.24, 2.45) is 0 Å². The van der Waals surface area contributed by atoms with Gasteiger partial charge in [-0.1, -0.05) is 6.92 Å². The molecule has 0 aliphatic carbocycles. The average Bonchev–Trinajstić information content (AvgIpc) is 2.75. The predicted molar refractivity (Wildman–Crippen MR) is 80.9 cm³/mol. The predicted octanol–water partition coefficient (Wildman–Crippen LogP) is 3.56. The van der Waals surface area contributed by atoms with Gasteiger partial charge in [0.25, 0.3) is 0 Å². The lowest BCUT2D eigenvalue weighted by Gasteiger charge is -2.14. The zero-order chi connectivity index (χ0) is 13.8. The fourth-order valence-electron chi connectivity index (χ4n) is 2.14. The molecular weight excluding hydrogens is 258 g/mol. The van der Waals surface area contributed by atoms with Crippen LogP contribution in [0.15, 0.2) is 24.3 Å². The van der Waals surface area contributed by atoms with Gasteiger partial charge in [0.1, 0.15) is 0 Å². The van der Waals surface area contributed by atoms with Gasteiger partial charge in [0, 0.05) is 22.7 Å². The van der Waals surface area contributed by atoms with Crippen LogP contribution >= 0.6 is 11.8 Å². The summed E-state index contributed by atoms with van der Waals surface area (Å²) in [6.45, 7) is 5.97. The summed E-state index contributed by atoms with van der Waals surface area (Å²) in [6, 6.07) is 8.07. The topological polar surface area (TPSA) is 38.3 Å². The molecule has 1 aromatic rings. The van der Waals surface area contributed by atoms with Gasteiger partial charge in [-0.25, -0.2) is 4.79 Å². The fraction of sp³-hybridized carbons (Fsp3) is 0.533. The van der Waals surface area contributed by atoms with E-state index in [2.05, 4.69) is 12.2 Å². The van der Waals surface area contributed by atoms with Crippen LogP contribution in [0, 0.1) is 0 Å². The number of anilines is 1. The van der Waals surface area contributed by atoms with Crippen LogP contribution in [-0.4, -0.2) is 29.1 Å². The van der Waals surface area contributed by atoms with Gasteiger partial charge in [-0.15, -0.1) is 0 Å². The SMILES string of the molecule is CC(C)OC(=O)c1ccc(NC2CSC(C)C2)cc1. The van der Waals surface area contributed by atoms with E-state index in [4.69, 9.17) is 4.74 Å². The van der Waals surface area contributed by atoms with Crippen molar-refractivity contribution in [3.8, 4) is 0 Å². The van der Waals surface area contributed by atoms with Crippen molar-refractivity contribution in [1.29, 1.82) is 0 Å². The molecule has 0 bridgehead atoms. The van der Waals surface area contributed by atoms with Crippen LogP contribution in [0.4, 0.5) is 5.69 Å². The molecule has 1 aliphatic heterocycles. The molecule has 0 aromatic heterocycles. The maximum atomic E-state index is 11.7. The number of thioether (sulfide) groups is 1. The number of nitrogens with one attached hydrogen (secondary N) is 1. The zero-order valence-electron chi connectivity index (χ0n) is 11.7. The number of rotatable bonds is 4. The van der Waals surface area contributed by atoms with Crippen LogP contribution in [0.1, 0.15) is 37.6 Å². The third kappa shape index (κ3) is 4.16. The highest BCUT2D eigenvalue weighted by atomic mass is 32.2. The number of hydrogen-bond donors (Lipinski definition) is 1. The van der Waals surface area contributed by atoms with Crippen LogP contribution in [0.3, 0.4) is 0 Å². The molecule has 0 radical (unpaired) electrons. The lowest BCUT2D eigenvalue weighted by Crippen LogP contribution is -2.19. The molecule has 3 nitrogen and oxygen atoms in total. The molecular formula is C15H21NO2S. The number of carbonyl (C=O) groups excluding carboxylic acids is 1. The molecule has 1 fully saturated rings. The first kappa shape index (κ1) is 14.3. The second-order valence-corrected chi connectivity index (χ2v) is 6.72. The molecule has 0 amide bonds. The maximum Gasteiger partial charge on any atom is 0.338 e. The van der Waals surface area contributed by atoms with Crippen LogP contribution in [-0.2, 0) is 4.74 Å². The second kappa shape index (κ2) is 6.33. The number of ether oxygens (including phenoxy) is 1. The summed E-state index contributed by atoms with van der Waals surface area (Å²) in [6.07, 6.45) is 1.12. The third-order valence-electron chi connectivity index (χ3n) is 3.03. The van der Waals surface area contributed by atoms with Crippen molar-refractivity contribution in [1.82, 2.24) is 0 Å². The first-order chi connectivity index (χ1) is 9.04. The van der Waals surface area contributed by atoms with E-state index >= 15 is 0 Å². The molecule has 0 spiro atoms.